The van der Waals surface area contributed by atoms with Crippen LogP contribution in [0.4, 0.5) is 0 Å². The lowest BCUT2D eigenvalue weighted by atomic mass is 10.0. The van der Waals surface area contributed by atoms with Gasteiger partial charge in [-0.05, 0) is 52.2 Å². The minimum Gasteiger partial charge on any atom is -0.311 e. The predicted octanol–water partition coefficient (Wildman–Crippen LogP) is 2.99. The van der Waals surface area contributed by atoms with E-state index in [2.05, 4.69) is 29.2 Å². The Morgan fingerprint density at radius 2 is 2.19 bits per heavy atom. The summed E-state index contributed by atoms with van der Waals surface area (Å²) in [6.45, 7) is 8.76. The molecule has 4 nitrogen and oxygen atoms in total. The summed E-state index contributed by atoms with van der Waals surface area (Å²) in [4.78, 5) is 2.62. The van der Waals surface area contributed by atoms with Crippen LogP contribution in [0.5, 0.6) is 0 Å². The molecule has 1 saturated heterocycles. The third-order valence-corrected chi connectivity index (χ3v) is 4.97. The quantitative estimate of drug-likeness (QED) is 0.786. The Morgan fingerprint density at radius 1 is 1.38 bits per heavy atom. The number of aromatic nitrogens is 2. The topological polar surface area (TPSA) is 33.1 Å². The van der Waals surface area contributed by atoms with Gasteiger partial charge in [0.05, 0.1) is 16.4 Å². The molecule has 0 amide bonds. The fraction of sp³-hybridized carbons (Fsp3) is 0.812. The first-order valence-electron chi connectivity index (χ1n) is 8.28. The van der Waals surface area contributed by atoms with Crippen LogP contribution in [0, 0.1) is 0 Å². The van der Waals surface area contributed by atoms with E-state index in [0.717, 1.165) is 42.0 Å². The number of nitrogens with zero attached hydrogens (tertiary/aromatic N) is 3. The lowest BCUT2D eigenvalue weighted by Crippen LogP contribution is -2.38. The number of nitrogens with one attached hydrogen (secondary N) is 1. The lowest BCUT2D eigenvalue weighted by Gasteiger charge is -2.33. The van der Waals surface area contributed by atoms with Crippen LogP contribution in [0.25, 0.3) is 0 Å². The van der Waals surface area contributed by atoms with Gasteiger partial charge in [-0.15, -0.1) is 0 Å². The van der Waals surface area contributed by atoms with Crippen molar-refractivity contribution in [2.24, 2.45) is 7.05 Å². The smallest absolute Gasteiger partial charge is 0.0863 e. The molecule has 5 heteroatoms. The summed E-state index contributed by atoms with van der Waals surface area (Å²) in [6.07, 6.45) is 6.20. The molecule has 2 heterocycles. The summed E-state index contributed by atoms with van der Waals surface area (Å²) in [7, 11) is 1.97. The molecule has 2 rings (SSSR count). The van der Waals surface area contributed by atoms with E-state index in [1.54, 1.807) is 0 Å². The molecule has 1 atom stereocenters. The number of hydrogen-bond acceptors (Lipinski definition) is 3. The van der Waals surface area contributed by atoms with E-state index in [1.807, 2.05) is 11.7 Å². The van der Waals surface area contributed by atoms with Crippen molar-refractivity contribution in [3.05, 3.63) is 16.4 Å². The van der Waals surface area contributed by atoms with E-state index in [9.17, 15) is 0 Å². The van der Waals surface area contributed by atoms with Gasteiger partial charge in [0.15, 0.2) is 0 Å². The number of halogens is 1. The van der Waals surface area contributed by atoms with Crippen LogP contribution in [0.15, 0.2) is 0 Å². The minimum atomic E-state index is 0.761. The fourth-order valence-electron chi connectivity index (χ4n) is 3.12. The Kier molecular flexibility index (Phi) is 6.52. The normalized spacial score (nSPS) is 20.1. The van der Waals surface area contributed by atoms with E-state index in [1.165, 1.54) is 38.8 Å². The first kappa shape index (κ1) is 16.8. The molecule has 1 aliphatic heterocycles. The number of aryl methyl sites for hydroxylation is 2. The maximum atomic E-state index is 6.35. The summed E-state index contributed by atoms with van der Waals surface area (Å²) in [5.74, 6) is 0. The molecule has 1 aliphatic rings. The van der Waals surface area contributed by atoms with Crippen molar-refractivity contribution in [1.82, 2.24) is 20.0 Å². The Balaban J connectivity index is 1.69. The molecule has 21 heavy (non-hydrogen) atoms. The van der Waals surface area contributed by atoms with Gasteiger partial charge < -0.3 is 10.2 Å². The third kappa shape index (κ3) is 4.44. The molecule has 0 bridgehead atoms. The van der Waals surface area contributed by atoms with Crippen LogP contribution in [0.3, 0.4) is 0 Å². The van der Waals surface area contributed by atoms with Gasteiger partial charge in [0, 0.05) is 19.6 Å². The van der Waals surface area contributed by atoms with Gasteiger partial charge in [-0.3, -0.25) is 4.68 Å². The molecule has 0 spiro atoms. The van der Waals surface area contributed by atoms with Crippen molar-refractivity contribution in [2.75, 3.05) is 19.6 Å². The number of piperidine rings is 1. The molecular weight excluding hydrogens is 284 g/mol. The number of likely N-dealkylation sites (tertiary alicyclic amines) is 1. The molecule has 1 fully saturated rings. The van der Waals surface area contributed by atoms with E-state index in [4.69, 9.17) is 11.6 Å². The van der Waals surface area contributed by atoms with Gasteiger partial charge >= 0.3 is 0 Å². The molecule has 1 unspecified atom stereocenters. The molecule has 1 aromatic heterocycles. The van der Waals surface area contributed by atoms with Crippen molar-refractivity contribution in [3.8, 4) is 0 Å². The van der Waals surface area contributed by atoms with Crippen LogP contribution in [0.1, 0.15) is 50.9 Å². The molecule has 120 valence electrons. The molecule has 0 aromatic carbocycles. The largest absolute Gasteiger partial charge is 0.311 e. The van der Waals surface area contributed by atoms with E-state index >= 15 is 0 Å². The molecule has 0 saturated carbocycles. The standard InChI is InChI=1S/C16H29ClN4/c1-4-14-16(17)15(20(3)19-14)12-18-9-7-11-21-10-6-5-8-13(21)2/h13,18H,4-12H2,1-3H3. The first-order chi connectivity index (χ1) is 10.1. The third-order valence-electron chi connectivity index (χ3n) is 4.53. The SMILES string of the molecule is CCc1nn(C)c(CNCCCN2CCCCC2C)c1Cl. The van der Waals surface area contributed by atoms with E-state index in [0.29, 0.717) is 0 Å². The van der Waals surface area contributed by atoms with Crippen LogP contribution >= 0.6 is 11.6 Å². The van der Waals surface area contributed by atoms with Crippen LogP contribution in [-0.2, 0) is 20.0 Å². The molecular formula is C16H29ClN4. The lowest BCUT2D eigenvalue weighted by molar-refractivity contribution is 0.159. The fourth-order valence-corrected chi connectivity index (χ4v) is 3.48. The van der Waals surface area contributed by atoms with Crippen LogP contribution < -0.4 is 5.32 Å². The Morgan fingerprint density at radius 3 is 2.86 bits per heavy atom. The Labute approximate surface area is 133 Å². The average Bonchev–Trinajstić information content (AvgIpc) is 2.75. The van der Waals surface area contributed by atoms with Crippen LogP contribution in [0.2, 0.25) is 5.02 Å². The van der Waals surface area contributed by atoms with E-state index < -0.39 is 0 Å². The zero-order valence-corrected chi connectivity index (χ0v) is 14.4. The van der Waals surface area contributed by atoms with Crippen molar-refractivity contribution in [3.63, 3.8) is 0 Å². The summed E-state index contributed by atoms with van der Waals surface area (Å²) < 4.78 is 1.90. The first-order valence-corrected chi connectivity index (χ1v) is 8.66. The van der Waals surface area contributed by atoms with Crippen molar-refractivity contribution in [1.29, 1.82) is 0 Å². The summed E-state index contributed by atoms with van der Waals surface area (Å²) >= 11 is 6.35. The minimum absolute atomic E-state index is 0.761. The van der Waals surface area contributed by atoms with Gasteiger partial charge in [0.25, 0.3) is 0 Å². The van der Waals surface area contributed by atoms with E-state index in [-0.39, 0.29) is 0 Å². The van der Waals surface area contributed by atoms with Crippen molar-refractivity contribution in [2.45, 2.75) is 58.5 Å². The highest BCUT2D eigenvalue weighted by molar-refractivity contribution is 6.31. The summed E-state index contributed by atoms with van der Waals surface area (Å²) in [5, 5.41) is 8.78. The highest BCUT2D eigenvalue weighted by Gasteiger charge is 2.17. The molecule has 1 aromatic rings. The molecule has 1 N–H and O–H groups in total. The zero-order valence-electron chi connectivity index (χ0n) is 13.7. The number of rotatable bonds is 7. The monoisotopic (exact) mass is 312 g/mol. The van der Waals surface area contributed by atoms with Gasteiger partial charge in [0.2, 0.25) is 0 Å². The predicted molar refractivity (Wildman–Crippen MR) is 88.8 cm³/mol. The average molecular weight is 313 g/mol. The summed E-state index contributed by atoms with van der Waals surface area (Å²) in [5.41, 5.74) is 2.10. The maximum Gasteiger partial charge on any atom is 0.0863 e. The van der Waals surface area contributed by atoms with Crippen LogP contribution in [-0.4, -0.2) is 40.4 Å². The second kappa shape index (κ2) is 8.16. The molecule has 0 radical (unpaired) electrons. The maximum absolute atomic E-state index is 6.35. The second-order valence-corrected chi connectivity index (χ2v) is 6.47. The highest BCUT2D eigenvalue weighted by Crippen LogP contribution is 2.20. The van der Waals surface area contributed by atoms with Gasteiger partial charge in [-0.2, -0.15) is 5.10 Å². The van der Waals surface area contributed by atoms with Crippen molar-refractivity contribution < 1.29 is 0 Å². The number of hydrogen-bond donors (Lipinski definition) is 1. The van der Waals surface area contributed by atoms with Gasteiger partial charge in [-0.1, -0.05) is 24.9 Å². The highest BCUT2D eigenvalue weighted by atomic mass is 35.5. The molecule has 0 aliphatic carbocycles. The Hall–Kier alpha value is -0.580. The van der Waals surface area contributed by atoms with Crippen molar-refractivity contribution >= 4 is 11.6 Å². The van der Waals surface area contributed by atoms with Gasteiger partial charge in [0.1, 0.15) is 0 Å². The zero-order chi connectivity index (χ0) is 15.2. The Bertz CT molecular complexity index is 444. The van der Waals surface area contributed by atoms with Gasteiger partial charge in [-0.25, -0.2) is 0 Å². The summed E-state index contributed by atoms with van der Waals surface area (Å²) in [6, 6.07) is 0.761. The second-order valence-electron chi connectivity index (χ2n) is 6.10.